The Kier molecular flexibility index (Phi) is 2.98. The van der Waals surface area contributed by atoms with Gasteiger partial charge in [-0.05, 0) is 28.1 Å². The van der Waals surface area contributed by atoms with Gasteiger partial charge in [0.05, 0.1) is 17.9 Å². The molecule has 1 aromatic heterocycles. The first-order valence-electron chi connectivity index (χ1n) is 4.79. The maximum atomic E-state index is 12.0. The summed E-state index contributed by atoms with van der Waals surface area (Å²) >= 11 is 3.29. The normalized spacial score (nSPS) is 10.7. The number of aromatic nitrogens is 2. The Morgan fingerprint density at radius 3 is 2.44 bits per heavy atom. The van der Waals surface area contributed by atoms with Gasteiger partial charge in [-0.2, -0.15) is 0 Å². The first-order valence-corrected chi connectivity index (χ1v) is 5.58. The lowest BCUT2D eigenvalue weighted by Gasteiger charge is -2.06. The van der Waals surface area contributed by atoms with E-state index in [1.54, 1.807) is 11.7 Å². The van der Waals surface area contributed by atoms with Gasteiger partial charge in [0.25, 0.3) is 5.56 Å². The van der Waals surface area contributed by atoms with Gasteiger partial charge in [0.2, 0.25) is 0 Å². The van der Waals surface area contributed by atoms with Crippen LogP contribution in [-0.4, -0.2) is 14.5 Å². The van der Waals surface area contributed by atoms with Gasteiger partial charge in [-0.1, -0.05) is 18.2 Å². The van der Waals surface area contributed by atoms with Gasteiger partial charge < -0.3 is 5.11 Å². The van der Waals surface area contributed by atoms with E-state index in [1.807, 2.05) is 30.3 Å². The zero-order valence-electron chi connectivity index (χ0n) is 8.72. The van der Waals surface area contributed by atoms with Crippen LogP contribution in [-0.2, 0) is 13.7 Å². The third kappa shape index (κ3) is 1.62. The summed E-state index contributed by atoms with van der Waals surface area (Å²) in [5.74, 6) is 0. The molecule has 0 bridgehead atoms. The molecular formula is C11H11BrN2O2. The smallest absolute Gasteiger partial charge is 0.278 e. The Morgan fingerprint density at radius 2 is 1.94 bits per heavy atom. The third-order valence-electron chi connectivity index (χ3n) is 2.44. The Bertz CT molecular complexity index is 557. The van der Waals surface area contributed by atoms with E-state index in [-0.39, 0.29) is 12.2 Å². The van der Waals surface area contributed by atoms with Crippen LogP contribution >= 0.6 is 15.9 Å². The highest BCUT2D eigenvalue weighted by molar-refractivity contribution is 9.10. The van der Waals surface area contributed by atoms with Crippen LogP contribution in [0.2, 0.25) is 0 Å². The zero-order valence-corrected chi connectivity index (χ0v) is 10.3. The highest BCUT2D eigenvalue weighted by Crippen LogP contribution is 2.16. The summed E-state index contributed by atoms with van der Waals surface area (Å²) in [6.07, 6.45) is 0. The summed E-state index contributed by atoms with van der Waals surface area (Å²) < 4.78 is 3.78. The number of nitrogens with zero attached hydrogens (tertiary/aromatic N) is 2. The molecule has 0 amide bonds. The number of rotatable bonds is 2. The van der Waals surface area contributed by atoms with E-state index in [4.69, 9.17) is 5.11 Å². The largest absolute Gasteiger partial charge is 0.391 e. The predicted octanol–water partition coefficient (Wildman–Crippen LogP) is 1.43. The van der Waals surface area contributed by atoms with Crippen LogP contribution in [0.3, 0.4) is 0 Å². The molecule has 1 heterocycles. The lowest BCUT2D eigenvalue weighted by Crippen LogP contribution is -2.20. The first-order chi connectivity index (χ1) is 7.66. The van der Waals surface area contributed by atoms with Crippen LogP contribution < -0.4 is 5.56 Å². The Labute approximate surface area is 101 Å². The number of hydrogen-bond donors (Lipinski definition) is 1. The van der Waals surface area contributed by atoms with Crippen molar-refractivity contribution in [2.24, 2.45) is 7.05 Å². The van der Waals surface area contributed by atoms with Crippen LogP contribution in [0.1, 0.15) is 5.56 Å². The monoisotopic (exact) mass is 282 g/mol. The van der Waals surface area contributed by atoms with E-state index in [2.05, 4.69) is 15.9 Å². The molecule has 0 radical (unpaired) electrons. The third-order valence-corrected chi connectivity index (χ3v) is 3.43. The van der Waals surface area contributed by atoms with Crippen LogP contribution in [0.5, 0.6) is 0 Å². The van der Waals surface area contributed by atoms with Crippen molar-refractivity contribution < 1.29 is 5.11 Å². The minimum atomic E-state index is -0.271. The van der Waals surface area contributed by atoms with Crippen molar-refractivity contribution in [2.75, 3.05) is 0 Å². The summed E-state index contributed by atoms with van der Waals surface area (Å²) in [6.45, 7) is -0.271. The molecule has 2 aromatic rings. The number of aliphatic hydroxyl groups is 1. The van der Waals surface area contributed by atoms with Crippen molar-refractivity contribution in [3.8, 4) is 5.69 Å². The Balaban J connectivity index is 2.72. The molecule has 0 saturated carbocycles. The van der Waals surface area contributed by atoms with Crippen molar-refractivity contribution in [2.45, 2.75) is 6.61 Å². The van der Waals surface area contributed by atoms with E-state index >= 15 is 0 Å². The highest BCUT2D eigenvalue weighted by Gasteiger charge is 2.15. The van der Waals surface area contributed by atoms with Crippen molar-refractivity contribution in [3.05, 3.63) is 50.9 Å². The van der Waals surface area contributed by atoms with E-state index in [1.165, 1.54) is 4.68 Å². The van der Waals surface area contributed by atoms with Crippen LogP contribution in [0.25, 0.3) is 5.69 Å². The standard InChI is InChI=1S/C11H11BrN2O2/c1-13-10(12)9(7-15)11(16)14(13)8-5-3-2-4-6-8/h2-6,15H,7H2,1H3. The number of para-hydroxylation sites is 1. The molecule has 16 heavy (non-hydrogen) atoms. The molecule has 0 spiro atoms. The minimum absolute atomic E-state index is 0.205. The fourth-order valence-electron chi connectivity index (χ4n) is 1.63. The Hall–Kier alpha value is -1.33. The molecule has 4 nitrogen and oxygen atoms in total. The predicted molar refractivity (Wildman–Crippen MR) is 64.6 cm³/mol. The number of hydrogen-bond acceptors (Lipinski definition) is 2. The topological polar surface area (TPSA) is 47.2 Å². The van der Waals surface area contributed by atoms with E-state index in [0.29, 0.717) is 10.2 Å². The molecule has 1 N–H and O–H groups in total. The average molecular weight is 283 g/mol. The second-order valence-corrected chi connectivity index (χ2v) is 4.15. The van der Waals surface area contributed by atoms with E-state index in [9.17, 15) is 4.79 Å². The number of halogens is 1. The molecule has 0 aliphatic heterocycles. The van der Waals surface area contributed by atoms with Gasteiger partial charge in [-0.15, -0.1) is 0 Å². The summed E-state index contributed by atoms with van der Waals surface area (Å²) in [7, 11) is 1.76. The molecule has 0 aliphatic carbocycles. The lowest BCUT2D eigenvalue weighted by atomic mass is 10.3. The van der Waals surface area contributed by atoms with Crippen molar-refractivity contribution >= 4 is 15.9 Å². The fourth-order valence-corrected chi connectivity index (χ4v) is 2.08. The molecule has 5 heteroatoms. The van der Waals surface area contributed by atoms with Gasteiger partial charge in [0.1, 0.15) is 4.60 Å². The van der Waals surface area contributed by atoms with Crippen LogP contribution in [0.4, 0.5) is 0 Å². The molecule has 0 saturated heterocycles. The molecule has 0 fully saturated rings. The first kappa shape index (κ1) is 11.2. The molecule has 84 valence electrons. The second-order valence-electron chi connectivity index (χ2n) is 3.40. The summed E-state index contributed by atoms with van der Waals surface area (Å²) in [5.41, 5.74) is 0.935. The quantitative estimate of drug-likeness (QED) is 0.906. The SMILES string of the molecule is Cn1c(Br)c(CO)c(=O)n1-c1ccccc1. The Morgan fingerprint density at radius 1 is 1.31 bits per heavy atom. The zero-order chi connectivity index (χ0) is 11.7. The molecule has 0 aliphatic rings. The van der Waals surface area contributed by atoms with Crippen LogP contribution in [0.15, 0.2) is 39.7 Å². The minimum Gasteiger partial charge on any atom is -0.391 e. The molecule has 1 aromatic carbocycles. The molecule has 2 rings (SSSR count). The van der Waals surface area contributed by atoms with Gasteiger partial charge in [0, 0.05) is 7.05 Å². The van der Waals surface area contributed by atoms with Gasteiger partial charge in [0.15, 0.2) is 0 Å². The van der Waals surface area contributed by atoms with Gasteiger partial charge in [-0.3, -0.25) is 9.48 Å². The summed E-state index contributed by atoms with van der Waals surface area (Å²) in [5, 5.41) is 9.13. The maximum absolute atomic E-state index is 12.0. The molecule has 0 atom stereocenters. The number of benzene rings is 1. The van der Waals surface area contributed by atoms with Gasteiger partial charge in [-0.25, -0.2) is 4.68 Å². The van der Waals surface area contributed by atoms with E-state index in [0.717, 1.165) is 5.69 Å². The lowest BCUT2D eigenvalue weighted by molar-refractivity contribution is 0.280. The van der Waals surface area contributed by atoms with Gasteiger partial charge >= 0.3 is 0 Å². The second kappa shape index (κ2) is 4.27. The maximum Gasteiger partial charge on any atom is 0.278 e. The number of aliphatic hydroxyl groups excluding tert-OH is 1. The highest BCUT2D eigenvalue weighted by atomic mass is 79.9. The molecular weight excluding hydrogens is 272 g/mol. The van der Waals surface area contributed by atoms with Crippen molar-refractivity contribution in [3.63, 3.8) is 0 Å². The summed E-state index contributed by atoms with van der Waals surface area (Å²) in [4.78, 5) is 12.0. The fraction of sp³-hybridized carbons (Fsp3) is 0.182. The van der Waals surface area contributed by atoms with E-state index < -0.39 is 0 Å². The molecule has 0 unspecified atom stereocenters. The average Bonchev–Trinajstić information content (AvgIpc) is 2.51. The van der Waals surface area contributed by atoms with Crippen molar-refractivity contribution in [1.82, 2.24) is 9.36 Å². The van der Waals surface area contributed by atoms with Crippen LogP contribution in [0, 0.1) is 0 Å². The van der Waals surface area contributed by atoms with Crippen molar-refractivity contribution in [1.29, 1.82) is 0 Å². The summed E-state index contributed by atoms with van der Waals surface area (Å²) in [6, 6.07) is 9.30.